The first-order valence-electron chi connectivity index (χ1n) is 9.80. The Balaban J connectivity index is 1.72. The van der Waals surface area contributed by atoms with Crippen LogP contribution >= 0.6 is 0 Å². The fourth-order valence-corrected chi connectivity index (χ4v) is 4.80. The quantitative estimate of drug-likeness (QED) is 0.693. The molecule has 2 fully saturated rings. The summed E-state index contributed by atoms with van der Waals surface area (Å²) in [5.74, 6) is 0.864. The van der Waals surface area contributed by atoms with Crippen molar-refractivity contribution in [1.29, 1.82) is 0 Å². The van der Waals surface area contributed by atoms with Crippen LogP contribution in [0.15, 0.2) is 18.2 Å². The van der Waals surface area contributed by atoms with Crippen molar-refractivity contribution in [3.63, 3.8) is 0 Å². The molecule has 0 aliphatic carbocycles. The van der Waals surface area contributed by atoms with Gasteiger partial charge < -0.3 is 19.1 Å². The first-order valence-corrected chi connectivity index (χ1v) is 9.80. The summed E-state index contributed by atoms with van der Waals surface area (Å²) in [6.45, 7) is 5.05. The van der Waals surface area contributed by atoms with Gasteiger partial charge in [-0.2, -0.15) is 0 Å². The third-order valence-corrected chi connectivity index (χ3v) is 6.24. The van der Waals surface area contributed by atoms with E-state index in [1.807, 2.05) is 30.0 Å². The van der Waals surface area contributed by atoms with Crippen LogP contribution in [0.25, 0.3) is 0 Å². The van der Waals surface area contributed by atoms with Crippen molar-refractivity contribution >= 4 is 11.9 Å². The van der Waals surface area contributed by atoms with Crippen LogP contribution in [0.2, 0.25) is 0 Å². The first-order chi connectivity index (χ1) is 13.5. The fraction of sp³-hybridized carbons (Fsp3) is 0.619. The maximum absolute atomic E-state index is 12.5. The molecule has 7 nitrogen and oxygen atoms in total. The lowest BCUT2D eigenvalue weighted by molar-refractivity contribution is -0.150. The molecule has 2 aliphatic rings. The third-order valence-electron chi connectivity index (χ3n) is 6.24. The number of piperidine rings is 1. The lowest BCUT2D eigenvalue weighted by atomic mass is 9.76. The van der Waals surface area contributed by atoms with Crippen LogP contribution in [0.5, 0.6) is 11.5 Å². The molecular formula is C21H30N2O5. The second-order valence-electron chi connectivity index (χ2n) is 7.49. The number of methoxy groups -OCH3 is 3. The zero-order valence-corrected chi connectivity index (χ0v) is 17.2. The number of carbonyl (C=O) groups excluding carboxylic acids is 2. The smallest absolute Gasteiger partial charge is 0.311 e. The van der Waals surface area contributed by atoms with Gasteiger partial charge >= 0.3 is 5.97 Å². The van der Waals surface area contributed by atoms with Crippen molar-refractivity contribution in [2.45, 2.75) is 38.3 Å². The normalized spacial score (nSPS) is 21.8. The van der Waals surface area contributed by atoms with Crippen LogP contribution in [0.1, 0.15) is 31.7 Å². The lowest BCUT2D eigenvalue weighted by Crippen LogP contribution is -2.57. The standard InChI is InChI=1S/C21H30N2O5/c1-5-23-19(24)13-16(20(25)28-4)21(23)8-10-22(11-9-21)14-15-6-7-17(26-2)18(12-15)27-3/h6-7,12,16H,5,8-11,13-14H2,1-4H3. The van der Waals surface area contributed by atoms with Crippen LogP contribution in [0.3, 0.4) is 0 Å². The molecule has 154 valence electrons. The van der Waals surface area contributed by atoms with Crippen molar-refractivity contribution in [2.75, 3.05) is 41.0 Å². The Kier molecular flexibility index (Phi) is 6.13. The molecule has 3 rings (SSSR count). The number of amides is 1. The molecule has 7 heteroatoms. The third kappa shape index (κ3) is 3.55. The summed E-state index contributed by atoms with van der Waals surface area (Å²) in [5.41, 5.74) is 0.737. The highest BCUT2D eigenvalue weighted by Gasteiger charge is 2.56. The van der Waals surface area contributed by atoms with E-state index in [0.717, 1.165) is 43.8 Å². The van der Waals surface area contributed by atoms with Crippen molar-refractivity contribution in [1.82, 2.24) is 9.80 Å². The highest BCUT2D eigenvalue weighted by molar-refractivity contribution is 5.89. The minimum atomic E-state index is -0.410. The van der Waals surface area contributed by atoms with Crippen LogP contribution in [0.4, 0.5) is 0 Å². The molecule has 0 N–H and O–H groups in total. The molecule has 2 saturated heterocycles. The van der Waals surface area contributed by atoms with Crippen molar-refractivity contribution < 1.29 is 23.8 Å². The van der Waals surface area contributed by atoms with E-state index >= 15 is 0 Å². The summed E-state index contributed by atoms with van der Waals surface area (Å²) in [6.07, 6.45) is 1.81. The zero-order chi connectivity index (χ0) is 20.3. The Morgan fingerprint density at radius 3 is 2.39 bits per heavy atom. The van der Waals surface area contributed by atoms with Crippen molar-refractivity contribution in [3.05, 3.63) is 23.8 Å². The van der Waals surface area contributed by atoms with Crippen molar-refractivity contribution in [3.8, 4) is 11.5 Å². The van der Waals surface area contributed by atoms with E-state index in [9.17, 15) is 9.59 Å². The van der Waals surface area contributed by atoms with Gasteiger partial charge in [0.2, 0.25) is 5.91 Å². The van der Waals surface area contributed by atoms with Crippen LogP contribution in [-0.4, -0.2) is 68.2 Å². The molecule has 2 aliphatic heterocycles. The predicted octanol–water partition coefficient (Wildman–Crippen LogP) is 2.08. The minimum Gasteiger partial charge on any atom is -0.493 e. The fourth-order valence-electron chi connectivity index (χ4n) is 4.80. The molecule has 0 bridgehead atoms. The molecule has 28 heavy (non-hydrogen) atoms. The van der Waals surface area contributed by atoms with Crippen LogP contribution in [-0.2, 0) is 20.9 Å². The van der Waals surface area contributed by atoms with E-state index in [-0.39, 0.29) is 24.2 Å². The van der Waals surface area contributed by atoms with Gasteiger partial charge in [-0.1, -0.05) is 6.07 Å². The maximum Gasteiger partial charge on any atom is 0.311 e. The first kappa shape index (κ1) is 20.5. The van der Waals surface area contributed by atoms with Gasteiger partial charge in [0.15, 0.2) is 11.5 Å². The summed E-state index contributed by atoms with van der Waals surface area (Å²) in [4.78, 5) is 29.1. The van der Waals surface area contributed by atoms with E-state index < -0.39 is 5.54 Å². The number of ether oxygens (including phenoxy) is 3. The molecular weight excluding hydrogens is 360 g/mol. The second kappa shape index (κ2) is 8.39. The van der Waals surface area contributed by atoms with Crippen LogP contribution < -0.4 is 9.47 Å². The lowest BCUT2D eigenvalue weighted by Gasteiger charge is -2.46. The van der Waals surface area contributed by atoms with E-state index in [0.29, 0.717) is 12.3 Å². The number of likely N-dealkylation sites (tertiary alicyclic amines) is 2. The number of benzene rings is 1. The number of nitrogens with zero attached hydrogens (tertiary/aromatic N) is 2. The molecule has 0 aromatic heterocycles. The summed E-state index contributed by atoms with van der Waals surface area (Å²) in [5, 5.41) is 0. The molecule has 1 amide bonds. The Bertz CT molecular complexity index is 726. The van der Waals surface area contributed by atoms with Gasteiger partial charge in [-0.3, -0.25) is 14.5 Å². The molecule has 1 spiro atoms. The minimum absolute atomic E-state index is 0.0613. The van der Waals surface area contributed by atoms with E-state index in [2.05, 4.69) is 4.90 Å². The molecule has 0 radical (unpaired) electrons. The summed E-state index contributed by atoms with van der Waals surface area (Å²) < 4.78 is 15.7. The highest BCUT2D eigenvalue weighted by Crippen LogP contribution is 2.44. The van der Waals surface area contributed by atoms with Gasteiger partial charge in [-0.05, 0) is 37.5 Å². The topological polar surface area (TPSA) is 68.3 Å². The highest BCUT2D eigenvalue weighted by atomic mass is 16.5. The van der Waals surface area contributed by atoms with E-state index in [1.165, 1.54) is 7.11 Å². The number of hydrogen-bond donors (Lipinski definition) is 0. The van der Waals surface area contributed by atoms with Crippen LogP contribution in [0, 0.1) is 5.92 Å². The molecule has 1 unspecified atom stereocenters. The monoisotopic (exact) mass is 390 g/mol. The number of hydrogen-bond acceptors (Lipinski definition) is 6. The zero-order valence-electron chi connectivity index (χ0n) is 17.2. The number of esters is 1. The second-order valence-corrected chi connectivity index (χ2v) is 7.49. The van der Waals surface area contributed by atoms with Crippen molar-refractivity contribution in [2.24, 2.45) is 5.92 Å². The number of rotatable bonds is 6. The average molecular weight is 390 g/mol. The summed E-state index contributed by atoms with van der Waals surface area (Å²) in [7, 11) is 4.67. The SMILES string of the molecule is CCN1C(=O)CC(C(=O)OC)C12CCN(Cc1ccc(OC)c(OC)c1)CC2. The molecule has 1 aromatic carbocycles. The average Bonchev–Trinajstić information content (AvgIpc) is 2.99. The van der Waals surface area contributed by atoms with Gasteiger partial charge in [0, 0.05) is 32.6 Å². The molecule has 2 heterocycles. The summed E-state index contributed by atoms with van der Waals surface area (Å²) in [6, 6.07) is 5.96. The molecule has 1 atom stereocenters. The Morgan fingerprint density at radius 1 is 1.14 bits per heavy atom. The van der Waals surface area contributed by atoms with Gasteiger partial charge in [0.25, 0.3) is 0 Å². The van der Waals surface area contributed by atoms with E-state index in [1.54, 1.807) is 14.2 Å². The Hall–Kier alpha value is -2.28. The predicted molar refractivity (Wildman–Crippen MR) is 104 cm³/mol. The van der Waals surface area contributed by atoms with Gasteiger partial charge in [0.05, 0.1) is 32.8 Å². The Morgan fingerprint density at radius 2 is 1.82 bits per heavy atom. The summed E-state index contributed by atoms with van der Waals surface area (Å²) >= 11 is 0. The van der Waals surface area contributed by atoms with E-state index in [4.69, 9.17) is 14.2 Å². The van der Waals surface area contributed by atoms with Gasteiger partial charge in [-0.15, -0.1) is 0 Å². The molecule has 1 aromatic rings. The maximum atomic E-state index is 12.5. The Labute approximate surface area is 166 Å². The van der Waals surface area contributed by atoms with Gasteiger partial charge in [0.1, 0.15) is 0 Å². The molecule has 0 saturated carbocycles. The largest absolute Gasteiger partial charge is 0.493 e. The van der Waals surface area contributed by atoms with Gasteiger partial charge in [-0.25, -0.2) is 0 Å². The number of carbonyl (C=O) groups is 2.